The van der Waals surface area contributed by atoms with Gasteiger partial charge >= 0.3 is 0 Å². The van der Waals surface area contributed by atoms with Crippen LogP contribution in [-0.4, -0.2) is 24.4 Å². The first-order valence-electron chi connectivity index (χ1n) is 6.07. The van der Waals surface area contributed by atoms with Gasteiger partial charge in [-0.3, -0.25) is 4.79 Å². The number of hydrogen-bond donors (Lipinski definition) is 1. The van der Waals surface area contributed by atoms with Crippen molar-refractivity contribution >= 4 is 29.7 Å². The number of carbonyl (C=O) groups excluding carboxylic acids is 1. The third kappa shape index (κ3) is 3.70. The first-order valence-corrected chi connectivity index (χ1v) is 6.95. The van der Waals surface area contributed by atoms with E-state index in [1.165, 1.54) is 4.88 Å². The Hall–Kier alpha value is -0.580. The second kappa shape index (κ2) is 7.77. The standard InChI is InChI=1S/C13H22N2OS.ClH/c1-4-13(5-2,10-14)12(16)15(3)9-11-7-6-8-17-11;/h6-8H,4-5,9-10,14H2,1-3H3;1H. The second-order valence-electron chi connectivity index (χ2n) is 4.43. The molecule has 5 heteroatoms. The highest BCUT2D eigenvalue weighted by Crippen LogP contribution is 2.28. The van der Waals surface area contributed by atoms with Gasteiger partial charge in [-0.05, 0) is 24.3 Å². The molecular weight excluding hydrogens is 268 g/mol. The Balaban J connectivity index is 0.00000289. The van der Waals surface area contributed by atoms with Crippen LogP contribution in [0, 0.1) is 5.41 Å². The summed E-state index contributed by atoms with van der Waals surface area (Å²) in [6.45, 7) is 5.17. The van der Waals surface area contributed by atoms with Crippen molar-refractivity contribution in [2.24, 2.45) is 11.1 Å². The van der Waals surface area contributed by atoms with Gasteiger partial charge in [0.15, 0.2) is 0 Å². The number of nitrogens with two attached hydrogens (primary N) is 1. The molecule has 3 nitrogen and oxygen atoms in total. The third-order valence-corrected chi connectivity index (χ3v) is 4.38. The highest BCUT2D eigenvalue weighted by molar-refractivity contribution is 7.09. The topological polar surface area (TPSA) is 46.3 Å². The van der Waals surface area contributed by atoms with Crippen LogP contribution in [0.2, 0.25) is 0 Å². The van der Waals surface area contributed by atoms with Crippen molar-refractivity contribution in [3.8, 4) is 0 Å². The van der Waals surface area contributed by atoms with E-state index in [-0.39, 0.29) is 23.7 Å². The normalized spacial score (nSPS) is 10.9. The SMILES string of the molecule is CCC(CC)(CN)C(=O)N(C)Cc1cccs1.Cl. The van der Waals surface area contributed by atoms with E-state index in [4.69, 9.17) is 5.73 Å². The smallest absolute Gasteiger partial charge is 0.230 e. The molecule has 0 radical (unpaired) electrons. The molecule has 0 fully saturated rings. The number of nitrogens with zero attached hydrogens (tertiary/aromatic N) is 1. The van der Waals surface area contributed by atoms with Crippen LogP contribution < -0.4 is 5.73 Å². The quantitative estimate of drug-likeness (QED) is 0.876. The molecule has 0 aliphatic carbocycles. The van der Waals surface area contributed by atoms with E-state index in [2.05, 4.69) is 6.07 Å². The van der Waals surface area contributed by atoms with Crippen LogP contribution in [0.3, 0.4) is 0 Å². The largest absolute Gasteiger partial charge is 0.340 e. The zero-order valence-electron chi connectivity index (χ0n) is 11.3. The summed E-state index contributed by atoms with van der Waals surface area (Å²) in [4.78, 5) is 15.4. The molecule has 0 saturated heterocycles. The molecule has 0 aliphatic heterocycles. The first-order chi connectivity index (χ1) is 8.09. The third-order valence-electron chi connectivity index (χ3n) is 3.52. The highest BCUT2D eigenvalue weighted by atomic mass is 35.5. The van der Waals surface area contributed by atoms with Crippen LogP contribution in [-0.2, 0) is 11.3 Å². The summed E-state index contributed by atoms with van der Waals surface area (Å²) >= 11 is 1.68. The molecule has 2 N–H and O–H groups in total. The first kappa shape index (κ1) is 17.4. The van der Waals surface area contributed by atoms with Crippen molar-refractivity contribution in [3.05, 3.63) is 22.4 Å². The Bertz CT molecular complexity index is 342. The summed E-state index contributed by atoms with van der Waals surface area (Å²) in [5.41, 5.74) is 5.41. The maximum atomic E-state index is 12.4. The minimum absolute atomic E-state index is 0. The van der Waals surface area contributed by atoms with Crippen LogP contribution in [0.25, 0.3) is 0 Å². The van der Waals surface area contributed by atoms with E-state index in [0.717, 1.165) is 12.8 Å². The molecule has 0 atom stereocenters. The van der Waals surface area contributed by atoms with Crippen molar-refractivity contribution in [1.29, 1.82) is 0 Å². The van der Waals surface area contributed by atoms with Gasteiger partial charge in [-0.15, -0.1) is 23.7 Å². The van der Waals surface area contributed by atoms with E-state index in [0.29, 0.717) is 13.1 Å². The minimum Gasteiger partial charge on any atom is -0.340 e. The molecule has 1 heterocycles. The van der Waals surface area contributed by atoms with E-state index < -0.39 is 0 Å². The zero-order chi connectivity index (χ0) is 12.9. The number of amides is 1. The molecule has 0 saturated carbocycles. The van der Waals surface area contributed by atoms with Gasteiger partial charge in [0, 0.05) is 18.5 Å². The van der Waals surface area contributed by atoms with E-state index in [9.17, 15) is 4.79 Å². The van der Waals surface area contributed by atoms with Crippen molar-refractivity contribution in [1.82, 2.24) is 4.90 Å². The number of hydrogen-bond acceptors (Lipinski definition) is 3. The van der Waals surface area contributed by atoms with Gasteiger partial charge in [0.1, 0.15) is 0 Å². The molecular formula is C13H23ClN2OS. The van der Waals surface area contributed by atoms with Gasteiger partial charge in [0.05, 0.1) is 12.0 Å². The molecule has 1 amide bonds. The van der Waals surface area contributed by atoms with Gasteiger partial charge in [0.25, 0.3) is 0 Å². The lowest BCUT2D eigenvalue weighted by atomic mass is 9.81. The Morgan fingerprint density at radius 3 is 2.44 bits per heavy atom. The van der Waals surface area contributed by atoms with Crippen molar-refractivity contribution in [3.63, 3.8) is 0 Å². The Morgan fingerprint density at radius 1 is 1.44 bits per heavy atom. The van der Waals surface area contributed by atoms with Crippen LogP contribution in [0.1, 0.15) is 31.6 Å². The van der Waals surface area contributed by atoms with Crippen LogP contribution >= 0.6 is 23.7 Å². The van der Waals surface area contributed by atoms with Gasteiger partial charge in [-0.25, -0.2) is 0 Å². The highest BCUT2D eigenvalue weighted by Gasteiger charge is 2.35. The lowest BCUT2D eigenvalue weighted by Gasteiger charge is -2.33. The molecule has 104 valence electrons. The molecule has 0 spiro atoms. The number of halogens is 1. The molecule has 0 bridgehead atoms. The van der Waals surface area contributed by atoms with E-state index in [1.807, 2.05) is 32.3 Å². The lowest BCUT2D eigenvalue weighted by molar-refractivity contribution is -0.141. The van der Waals surface area contributed by atoms with Gasteiger partial charge in [-0.2, -0.15) is 0 Å². The van der Waals surface area contributed by atoms with Gasteiger partial charge in [0.2, 0.25) is 5.91 Å². The summed E-state index contributed by atoms with van der Waals surface area (Å²) in [7, 11) is 1.86. The van der Waals surface area contributed by atoms with Gasteiger partial charge in [-0.1, -0.05) is 19.9 Å². The zero-order valence-corrected chi connectivity index (χ0v) is 12.9. The van der Waals surface area contributed by atoms with Crippen molar-refractivity contribution in [2.45, 2.75) is 33.2 Å². The average Bonchev–Trinajstić information content (AvgIpc) is 2.84. The second-order valence-corrected chi connectivity index (χ2v) is 5.46. The summed E-state index contributed by atoms with van der Waals surface area (Å²) in [5.74, 6) is 0.165. The molecule has 1 aromatic rings. The Morgan fingerprint density at radius 2 is 2.06 bits per heavy atom. The molecule has 0 unspecified atom stereocenters. The van der Waals surface area contributed by atoms with Crippen LogP contribution in [0.5, 0.6) is 0 Å². The summed E-state index contributed by atoms with van der Waals surface area (Å²) in [6.07, 6.45) is 1.60. The van der Waals surface area contributed by atoms with Crippen molar-refractivity contribution in [2.75, 3.05) is 13.6 Å². The molecule has 18 heavy (non-hydrogen) atoms. The number of rotatable bonds is 6. The number of thiophene rings is 1. The van der Waals surface area contributed by atoms with E-state index >= 15 is 0 Å². The maximum Gasteiger partial charge on any atom is 0.230 e. The molecule has 0 aliphatic rings. The average molecular weight is 291 g/mol. The van der Waals surface area contributed by atoms with Gasteiger partial charge < -0.3 is 10.6 Å². The number of carbonyl (C=O) groups is 1. The fourth-order valence-electron chi connectivity index (χ4n) is 2.04. The molecule has 1 aromatic heterocycles. The predicted molar refractivity (Wildman–Crippen MR) is 80.1 cm³/mol. The van der Waals surface area contributed by atoms with Crippen LogP contribution in [0.15, 0.2) is 17.5 Å². The Kier molecular flexibility index (Phi) is 7.52. The minimum atomic E-state index is -0.383. The fraction of sp³-hybridized carbons (Fsp3) is 0.615. The monoisotopic (exact) mass is 290 g/mol. The van der Waals surface area contributed by atoms with E-state index in [1.54, 1.807) is 16.2 Å². The predicted octanol–water partition coefficient (Wildman–Crippen LogP) is 2.89. The lowest BCUT2D eigenvalue weighted by Crippen LogP contribution is -2.45. The summed E-state index contributed by atoms with van der Waals surface area (Å²) in [6, 6.07) is 4.06. The van der Waals surface area contributed by atoms with Crippen molar-refractivity contribution < 1.29 is 4.79 Å². The molecule has 1 rings (SSSR count). The molecule has 0 aromatic carbocycles. The summed E-state index contributed by atoms with van der Waals surface area (Å²) < 4.78 is 0. The van der Waals surface area contributed by atoms with Crippen LogP contribution in [0.4, 0.5) is 0 Å². The maximum absolute atomic E-state index is 12.4. The Labute approximate surface area is 120 Å². The summed E-state index contributed by atoms with van der Waals surface area (Å²) in [5, 5.41) is 2.03. The fourth-order valence-corrected chi connectivity index (χ4v) is 2.80.